The number of fused-ring (bicyclic) bond motifs is 1. The molecule has 68 valence electrons. The predicted octanol–water partition coefficient (Wildman–Crippen LogP) is -0.886. The second kappa shape index (κ2) is 3.14. The maximum Gasteiger partial charge on any atom is 0.490 e. The first-order valence-electron chi connectivity index (χ1n) is 3.95. The minimum atomic E-state index is -1.62. The van der Waals surface area contributed by atoms with Gasteiger partial charge in [-0.2, -0.15) is 5.26 Å². The number of nitrogens with zero attached hydrogens (tertiary/aromatic N) is 2. The molecule has 0 aliphatic rings. The molecule has 0 amide bonds. The highest BCUT2D eigenvalue weighted by Crippen LogP contribution is 2.09. The van der Waals surface area contributed by atoms with Crippen LogP contribution in [0.3, 0.4) is 0 Å². The maximum absolute atomic E-state index is 9.05. The fraction of sp³-hybridized carbons (Fsp3) is 0. The summed E-state index contributed by atoms with van der Waals surface area (Å²) in [7, 11) is -1.62. The van der Waals surface area contributed by atoms with Crippen molar-refractivity contribution in [3.8, 4) is 6.07 Å². The lowest BCUT2D eigenvalue weighted by molar-refractivity contribution is 0.426. The van der Waals surface area contributed by atoms with Crippen molar-refractivity contribution in [2.45, 2.75) is 0 Å². The Morgan fingerprint density at radius 3 is 2.86 bits per heavy atom. The number of nitriles is 1. The Labute approximate surface area is 79.8 Å². The van der Waals surface area contributed by atoms with Crippen LogP contribution in [0, 0.1) is 11.3 Å². The van der Waals surface area contributed by atoms with Crippen molar-refractivity contribution in [2.24, 2.45) is 0 Å². The van der Waals surface area contributed by atoms with Crippen LogP contribution in [-0.2, 0) is 0 Å². The molecule has 0 unspecified atom stereocenters. The summed E-state index contributed by atoms with van der Waals surface area (Å²) >= 11 is 0. The Balaban J connectivity index is 2.78. The Kier molecular flexibility index (Phi) is 1.96. The van der Waals surface area contributed by atoms with Gasteiger partial charge in [-0.3, -0.25) is 0 Å². The smallest absolute Gasteiger partial charge is 0.423 e. The van der Waals surface area contributed by atoms with Gasteiger partial charge >= 0.3 is 7.12 Å². The monoisotopic (exact) mass is 187 g/mol. The molecule has 2 rings (SSSR count). The first kappa shape index (κ1) is 8.75. The zero-order valence-electron chi connectivity index (χ0n) is 7.10. The number of hydrogen-bond donors (Lipinski definition) is 3. The Morgan fingerprint density at radius 2 is 2.21 bits per heavy atom. The van der Waals surface area contributed by atoms with E-state index < -0.39 is 7.12 Å². The number of hydrogen-bond acceptors (Lipinski definition) is 4. The van der Waals surface area contributed by atoms with Gasteiger partial charge in [0.05, 0.1) is 29.0 Å². The first-order chi connectivity index (χ1) is 6.72. The third-order valence-corrected chi connectivity index (χ3v) is 1.96. The van der Waals surface area contributed by atoms with Crippen molar-refractivity contribution in [3.63, 3.8) is 0 Å². The normalized spacial score (nSPS) is 10.1. The van der Waals surface area contributed by atoms with Crippen molar-refractivity contribution < 1.29 is 10.0 Å². The molecular formula is C8H6BN3O2. The van der Waals surface area contributed by atoms with Gasteiger partial charge in [0.2, 0.25) is 0 Å². The Morgan fingerprint density at radius 1 is 1.43 bits per heavy atom. The van der Waals surface area contributed by atoms with Gasteiger partial charge in [-0.25, -0.2) is 4.98 Å². The van der Waals surface area contributed by atoms with Crippen LogP contribution < -0.4 is 5.46 Å². The van der Waals surface area contributed by atoms with Crippen LogP contribution in [-0.4, -0.2) is 27.1 Å². The van der Waals surface area contributed by atoms with E-state index in [0.29, 0.717) is 16.6 Å². The minimum absolute atomic E-state index is 0.236. The number of benzene rings is 1. The predicted molar refractivity (Wildman–Crippen MR) is 50.6 cm³/mol. The van der Waals surface area contributed by atoms with Gasteiger partial charge < -0.3 is 15.0 Å². The summed E-state index contributed by atoms with van der Waals surface area (Å²) in [5.41, 5.74) is 1.69. The van der Waals surface area contributed by atoms with E-state index in [1.165, 1.54) is 12.4 Å². The van der Waals surface area contributed by atoms with E-state index in [-0.39, 0.29) is 5.46 Å². The average molecular weight is 187 g/mol. The van der Waals surface area contributed by atoms with Gasteiger partial charge in [0.25, 0.3) is 0 Å². The van der Waals surface area contributed by atoms with Crippen LogP contribution in [0.2, 0.25) is 0 Å². The van der Waals surface area contributed by atoms with Gasteiger partial charge in [-0.05, 0) is 12.1 Å². The topological polar surface area (TPSA) is 92.9 Å². The molecule has 0 spiro atoms. The molecule has 2 aromatic rings. The van der Waals surface area contributed by atoms with Crippen molar-refractivity contribution >= 4 is 23.6 Å². The highest BCUT2D eigenvalue weighted by Gasteiger charge is 2.17. The largest absolute Gasteiger partial charge is 0.490 e. The second-order valence-electron chi connectivity index (χ2n) is 2.85. The molecule has 1 heterocycles. The van der Waals surface area contributed by atoms with Crippen molar-refractivity contribution in [2.75, 3.05) is 0 Å². The van der Waals surface area contributed by atoms with Crippen LogP contribution >= 0.6 is 0 Å². The molecule has 0 saturated heterocycles. The van der Waals surface area contributed by atoms with Gasteiger partial charge in [0, 0.05) is 5.46 Å². The highest BCUT2D eigenvalue weighted by molar-refractivity contribution is 6.61. The van der Waals surface area contributed by atoms with E-state index in [1.54, 1.807) is 6.07 Å². The van der Waals surface area contributed by atoms with Gasteiger partial charge in [0.1, 0.15) is 0 Å². The number of nitrogens with one attached hydrogen (secondary N) is 1. The van der Waals surface area contributed by atoms with E-state index >= 15 is 0 Å². The molecule has 0 aliphatic carbocycles. The molecule has 1 aromatic heterocycles. The molecule has 14 heavy (non-hydrogen) atoms. The molecule has 0 fully saturated rings. The summed E-state index contributed by atoms with van der Waals surface area (Å²) in [4.78, 5) is 6.74. The summed E-state index contributed by atoms with van der Waals surface area (Å²) in [6.45, 7) is 0. The summed E-state index contributed by atoms with van der Waals surface area (Å²) in [5.74, 6) is 0. The molecule has 6 heteroatoms. The Hall–Kier alpha value is -1.84. The molecule has 3 N–H and O–H groups in total. The number of aromatic nitrogens is 2. The third-order valence-electron chi connectivity index (χ3n) is 1.96. The van der Waals surface area contributed by atoms with E-state index in [2.05, 4.69) is 9.97 Å². The van der Waals surface area contributed by atoms with E-state index in [1.807, 2.05) is 6.07 Å². The third kappa shape index (κ3) is 1.25. The van der Waals surface area contributed by atoms with Crippen LogP contribution in [0.5, 0.6) is 0 Å². The molecule has 0 radical (unpaired) electrons. The number of rotatable bonds is 1. The van der Waals surface area contributed by atoms with Crippen molar-refractivity contribution in [1.82, 2.24) is 9.97 Å². The number of H-pyrrole nitrogens is 1. The number of imidazole rings is 1. The van der Waals surface area contributed by atoms with Gasteiger partial charge in [-0.15, -0.1) is 0 Å². The van der Waals surface area contributed by atoms with E-state index in [0.717, 1.165) is 0 Å². The maximum atomic E-state index is 9.05. The lowest BCUT2D eigenvalue weighted by Crippen LogP contribution is -2.31. The zero-order chi connectivity index (χ0) is 10.1. The zero-order valence-corrected chi connectivity index (χ0v) is 7.10. The minimum Gasteiger partial charge on any atom is -0.423 e. The summed E-state index contributed by atoms with van der Waals surface area (Å²) in [6.07, 6.45) is 1.44. The summed E-state index contributed by atoms with van der Waals surface area (Å²) in [6, 6.07) is 4.95. The van der Waals surface area contributed by atoms with Crippen LogP contribution in [0.25, 0.3) is 11.0 Å². The van der Waals surface area contributed by atoms with Crippen LogP contribution in [0.1, 0.15) is 5.56 Å². The first-order valence-corrected chi connectivity index (χ1v) is 3.95. The molecule has 0 bridgehead atoms. The fourth-order valence-electron chi connectivity index (χ4n) is 1.34. The Bertz CT molecular complexity index is 515. The average Bonchev–Trinajstić information content (AvgIpc) is 2.63. The highest BCUT2D eigenvalue weighted by atomic mass is 16.4. The molecular weight excluding hydrogens is 181 g/mol. The standard InChI is InChI=1S/C8H6BN3O2/c10-3-5-1-6(9(13)14)8-7(2-5)11-4-12-8/h1-2,4,13-14H,(H,11,12). The van der Waals surface area contributed by atoms with Crippen molar-refractivity contribution in [3.05, 3.63) is 24.0 Å². The van der Waals surface area contributed by atoms with Crippen molar-refractivity contribution in [1.29, 1.82) is 5.26 Å². The lowest BCUT2D eigenvalue weighted by atomic mass is 9.78. The SMILES string of the molecule is N#Cc1cc(B(O)O)c2nc[nH]c2c1. The van der Waals surface area contributed by atoms with Gasteiger partial charge in [-0.1, -0.05) is 0 Å². The van der Waals surface area contributed by atoms with E-state index in [4.69, 9.17) is 15.3 Å². The summed E-state index contributed by atoms with van der Waals surface area (Å²) < 4.78 is 0. The van der Waals surface area contributed by atoms with Gasteiger partial charge in [0.15, 0.2) is 0 Å². The van der Waals surface area contributed by atoms with Crippen LogP contribution in [0.4, 0.5) is 0 Å². The molecule has 0 aliphatic heterocycles. The molecule has 0 saturated carbocycles. The number of aromatic amines is 1. The molecule has 1 aromatic carbocycles. The lowest BCUT2D eigenvalue weighted by Gasteiger charge is -2.00. The molecule has 0 atom stereocenters. The van der Waals surface area contributed by atoms with Crippen LogP contribution in [0.15, 0.2) is 18.5 Å². The quantitative estimate of drug-likeness (QED) is 0.505. The fourth-order valence-corrected chi connectivity index (χ4v) is 1.34. The molecule has 5 nitrogen and oxygen atoms in total. The van der Waals surface area contributed by atoms with E-state index in [9.17, 15) is 0 Å². The summed E-state index contributed by atoms with van der Waals surface area (Å²) in [5, 5.41) is 26.8. The second-order valence-corrected chi connectivity index (χ2v) is 2.85.